The summed E-state index contributed by atoms with van der Waals surface area (Å²) in [4.78, 5) is 12.3. The number of aromatic nitrogens is 3. The van der Waals surface area contributed by atoms with Gasteiger partial charge in [0.2, 0.25) is 0 Å². The van der Waals surface area contributed by atoms with Crippen LogP contribution in [0.2, 0.25) is 0 Å². The van der Waals surface area contributed by atoms with Crippen LogP contribution in [0, 0.1) is 5.82 Å². The van der Waals surface area contributed by atoms with Gasteiger partial charge in [-0.15, -0.1) is 5.10 Å². The molecule has 0 bridgehead atoms. The highest BCUT2D eigenvalue weighted by Gasteiger charge is 2.14. The van der Waals surface area contributed by atoms with Gasteiger partial charge in [-0.2, -0.15) is 0 Å². The zero-order valence-corrected chi connectivity index (χ0v) is 14.6. The molecular formula is C20H21FN4O. The van der Waals surface area contributed by atoms with Crippen LogP contribution in [-0.4, -0.2) is 20.9 Å². The first-order valence-electron chi connectivity index (χ1n) is 8.62. The second-order valence-corrected chi connectivity index (χ2v) is 6.20. The number of hydrogen-bond donors (Lipinski definition) is 1. The molecule has 1 N–H and O–H groups in total. The molecule has 0 fully saturated rings. The summed E-state index contributed by atoms with van der Waals surface area (Å²) in [5, 5.41) is 10.8. The highest BCUT2D eigenvalue weighted by Crippen LogP contribution is 2.13. The Kier molecular flexibility index (Phi) is 5.73. The molecule has 0 aliphatic rings. The van der Waals surface area contributed by atoms with Crippen LogP contribution in [0.4, 0.5) is 4.39 Å². The van der Waals surface area contributed by atoms with Gasteiger partial charge in [-0.3, -0.25) is 9.48 Å². The van der Waals surface area contributed by atoms with E-state index in [0.717, 1.165) is 18.4 Å². The molecule has 0 saturated heterocycles. The summed E-state index contributed by atoms with van der Waals surface area (Å²) in [7, 11) is 0. The van der Waals surface area contributed by atoms with E-state index in [1.807, 2.05) is 25.1 Å². The van der Waals surface area contributed by atoms with E-state index in [1.54, 1.807) is 23.0 Å². The van der Waals surface area contributed by atoms with E-state index in [0.29, 0.717) is 6.54 Å². The fourth-order valence-corrected chi connectivity index (χ4v) is 2.71. The Balaban J connectivity index is 1.51. The molecule has 0 radical (unpaired) electrons. The van der Waals surface area contributed by atoms with Gasteiger partial charge in [0.25, 0.3) is 5.91 Å². The molecule has 5 nitrogen and oxygen atoms in total. The van der Waals surface area contributed by atoms with Gasteiger partial charge in [-0.25, -0.2) is 4.39 Å². The zero-order chi connectivity index (χ0) is 18.4. The van der Waals surface area contributed by atoms with E-state index in [1.165, 1.54) is 17.7 Å². The number of halogens is 1. The first-order valence-corrected chi connectivity index (χ1v) is 8.62. The van der Waals surface area contributed by atoms with E-state index in [4.69, 9.17) is 0 Å². The summed E-state index contributed by atoms with van der Waals surface area (Å²) in [6.07, 6.45) is 3.52. The summed E-state index contributed by atoms with van der Waals surface area (Å²) in [6.45, 7) is 2.54. The lowest BCUT2D eigenvalue weighted by atomic mass is 10.1. The van der Waals surface area contributed by atoms with Crippen LogP contribution >= 0.6 is 0 Å². The van der Waals surface area contributed by atoms with Crippen molar-refractivity contribution in [1.82, 2.24) is 20.3 Å². The van der Waals surface area contributed by atoms with E-state index in [-0.39, 0.29) is 23.5 Å². The van der Waals surface area contributed by atoms with Gasteiger partial charge in [0.1, 0.15) is 5.82 Å². The number of amides is 1. The van der Waals surface area contributed by atoms with Crippen LogP contribution in [0.3, 0.4) is 0 Å². The molecule has 134 valence electrons. The molecule has 1 aromatic heterocycles. The van der Waals surface area contributed by atoms with Gasteiger partial charge < -0.3 is 5.32 Å². The highest BCUT2D eigenvalue weighted by molar-refractivity contribution is 5.92. The molecule has 1 heterocycles. The van der Waals surface area contributed by atoms with Crippen molar-refractivity contribution in [1.29, 1.82) is 0 Å². The third kappa shape index (κ3) is 4.75. The number of benzene rings is 2. The van der Waals surface area contributed by atoms with Crippen LogP contribution in [-0.2, 0) is 13.0 Å². The van der Waals surface area contributed by atoms with Crippen LogP contribution in [0.1, 0.15) is 41.0 Å². The van der Waals surface area contributed by atoms with Crippen LogP contribution < -0.4 is 5.32 Å². The van der Waals surface area contributed by atoms with Gasteiger partial charge in [-0.05, 0) is 43.0 Å². The van der Waals surface area contributed by atoms with Crippen molar-refractivity contribution in [3.8, 4) is 0 Å². The van der Waals surface area contributed by atoms with E-state index < -0.39 is 0 Å². The van der Waals surface area contributed by atoms with E-state index >= 15 is 0 Å². The Bertz CT molecular complexity index is 846. The third-order valence-electron chi connectivity index (χ3n) is 4.18. The quantitative estimate of drug-likeness (QED) is 0.707. The van der Waals surface area contributed by atoms with Crippen LogP contribution in [0.5, 0.6) is 0 Å². The predicted octanol–water partition coefficient (Wildman–Crippen LogP) is 3.54. The lowest BCUT2D eigenvalue weighted by Gasteiger charge is -2.13. The maximum absolute atomic E-state index is 13.0. The number of hydrogen-bond acceptors (Lipinski definition) is 3. The van der Waals surface area contributed by atoms with Crippen molar-refractivity contribution in [3.05, 3.63) is 83.4 Å². The fourth-order valence-electron chi connectivity index (χ4n) is 2.71. The minimum Gasteiger partial charge on any atom is -0.344 e. The van der Waals surface area contributed by atoms with Crippen LogP contribution in [0.15, 0.2) is 60.8 Å². The third-order valence-corrected chi connectivity index (χ3v) is 4.18. The molecule has 3 aromatic rings. The molecule has 0 aliphatic carbocycles. The van der Waals surface area contributed by atoms with Crippen molar-refractivity contribution in [2.24, 2.45) is 0 Å². The minimum atomic E-state index is -0.300. The highest BCUT2D eigenvalue weighted by atomic mass is 19.1. The standard InChI is InChI=1S/C20H21FN4O/c1-15(17-9-11-18(21)12-10-17)22-20(26)19-14-25(24-23-19)13-5-8-16-6-3-2-4-7-16/h2-4,6-7,9-12,14-15H,5,8,13H2,1H3,(H,22,26). The Morgan fingerprint density at radius 3 is 2.62 bits per heavy atom. The zero-order valence-electron chi connectivity index (χ0n) is 14.6. The smallest absolute Gasteiger partial charge is 0.273 e. The summed E-state index contributed by atoms with van der Waals surface area (Å²) in [6, 6.07) is 16.0. The molecule has 0 saturated carbocycles. The molecule has 1 amide bonds. The van der Waals surface area contributed by atoms with Gasteiger partial charge >= 0.3 is 0 Å². The number of nitrogens with zero attached hydrogens (tertiary/aromatic N) is 3. The maximum Gasteiger partial charge on any atom is 0.273 e. The average molecular weight is 352 g/mol. The Labute approximate surface area is 151 Å². The molecule has 0 spiro atoms. The molecule has 0 aliphatic heterocycles. The Hall–Kier alpha value is -3.02. The largest absolute Gasteiger partial charge is 0.344 e. The summed E-state index contributed by atoms with van der Waals surface area (Å²) in [5.74, 6) is -0.596. The number of aryl methyl sites for hydroxylation is 2. The average Bonchev–Trinajstić information content (AvgIpc) is 3.12. The summed E-state index contributed by atoms with van der Waals surface area (Å²) in [5.41, 5.74) is 2.38. The predicted molar refractivity (Wildman–Crippen MR) is 97.1 cm³/mol. The molecule has 26 heavy (non-hydrogen) atoms. The van der Waals surface area contributed by atoms with Gasteiger partial charge in [0, 0.05) is 6.54 Å². The van der Waals surface area contributed by atoms with Gasteiger partial charge in [0.05, 0.1) is 12.2 Å². The number of rotatable bonds is 7. The van der Waals surface area contributed by atoms with Crippen molar-refractivity contribution in [2.45, 2.75) is 32.4 Å². The summed E-state index contributed by atoms with van der Waals surface area (Å²) < 4.78 is 14.7. The topological polar surface area (TPSA) is 59.8 Å². The number of carbonyl (C=O) groups excluding carboxylic acids is 1. The fraction of sp³-hybridized carbons (Fsp3) is 0.250. The molecular weight excluding hydrogens is 331 g/mol. The Morgan fingerprint density at radius 2 is 1.88 bits per heavy atom. The minimum absolute atomic E-state index is 0.244. The molecule has 3 rings (SSSR count). The van der Waals surface area contributed by atoms with Crippen molar-refractivity contribution < 1.29 is 9.18 Å². The lowest BCUT2D eigenvalue weighted by Crippen LogP contribution is -2.27. The normalized spacial score (nSPS) is 11.9. The van der Waals surface area contributed by atoms with Crippen molar-refractivity contribution in [3.63, 3.8) is 0 Å². The molecule has 1 atom stereocenters. The SMILES string of the molecule is CC(NC(=O)c1cn(CCCc2ccccc2)nn1)c1ccc(F)cc1. The van der Waals surface area contributed by atoms with E-state index in [9.17, 15) is 9.18 Å². The van der Waals surface area contributed by atoms with Gasteiger partial charge in [0.15, 0.2) is 5.69 Å². The monoisotopic (exact) mass is 352 g/mol. The molecule has 1 unspecified atom stereocenters. The Morgan fingerprint density at radius 1 is 1.15 bits per heavy atom. The first-order chi connectivity index (χ1) is 12.6. The first kappa shape index (κ1) is 17.8. The molecule has 6 heteroatoms. The van der Waals surface area contributed by atoms with E-state index in [2.05, 4.69) is 27.8 Å². The van der Waals surface area contributed by atoms with Crippen LogP contribution in [0.25, 0.3) is 0 Å². The second-order valence-electron chi connectivity index (χ2n) is 6.20. The van der Waals surface area contributed by atoms with Gasteiger partial charge in [-0.1, -0.05) is 47.7 Å². The number of carbonyl (C=O) groups is 1. The lowest BCUT2D eigenvalue weighted by molar-refractivity contribution is 0.0934. The molecule has 2 aromatic carbocycles. The van der Waals surface area contributed by atoms with Crippen molar-refractivity contribution in [2.75, 3.05) is 0 Å². The van der Waals surface area contributed by atoms with Crippen molar-refractivity contribution >= 4 is 5.91 Å². The maximum atomic E-state index is 13.0. The number of nitrogens with one attached hydrogen (secondary N) is 1. The summed E-state index contributed by atoms with van der Waals surface area (Å²) >= 11 is 0. The second kappa shape index (κ2) is 8.38.